The number of H-pyrrole nitrogens is 1. The number of allylic oxidation sites excluding steroid dienone is 3. The minimum Gasteiger partial charge on any atom is -0.496 e. The summed E-state index contributed by atoms with van der Waals surface area (Å²) in [4.78, 5) is 12.0. The Balaban J connectivity index is 2.17. The average Bonchev–Trinajstić information content (AvgIpc) is 3.01. The van der Waals surface area contributed by atoms with Crippen molar-refractivity contribution in [3.63, 3.8) is 0 Å². The van der Waals surface area contributed by atoms with Crippen LogP contribution in [-0.2, 0) is 4.74 Å². The lowest BCUT2D eigenvalue weighted by Crippen LogP contribution is -2.07. The fourth-order valence-corrected chi connectivity index (χ4v) is 2.98. The van der Waals surface area contributed by atoms with Gasteiger partial charge in [0.25, 0.3) is 0 Å². The number of nitrogens with two attached hydrogens (primary N) is 1. The van der Waals surface area contributed by atoms with Gasteiger partial charge in [-0.05, 0) is 25.5 Å². The molecule has 3 N–H and O–H groups in total. The van der Waals surface area contributed by atoms with E-state index in [0.717, 1.165) is 33.3 Å². The van der Waals surface area contributed by atoms with Crippen LogP contribution >= 0.6 is 11.8 Å². The maximum absolute atomic E-state index is 6.21. The second-order valence-corrected chi connectivity index (χ2v) is 6.09. The smallest absolute Gasteiger partial charge is 0.215 e. The molecule has 0 aliphatic heterocycles. The molecule has 2 heterocycles. The van der Waals surface area contributed by atoms with Crippen molar-refractivity contribution in [3.8, 4) is 5.88 Å². The lowest BCUT2D eigenvalue weighted by atomic mass is 10.1. The maximum Gasteiger partial charge on any atom is 0.215 e. The molecule has 0 radical (unpaired) electrons. The summed E-state index contributed by atoms with van der Waals surface area (Å²) in [6.07, 6.45) is 1.75. The molecule has 2 rings (SSSR count). The average molecular weight is 346 g/mol. The fourth-order valence-electron chi connectivity index (χ4n) is 2.14. The van der Waals surface area contributed by atoms with Crippen LogP contribution in [0.15, 0.2) is 52.5 Å². The maximum atomic E-state index is 6.21. The molecular weight excluding hydrogens is 324 g/mol. The number of nitrogens with one attached hydrogen (secondary N) is 1. The molecule has 2 aromatic rings. The van der Waals surface area contributed by atoms with Gasteiger partial charge in [-0.2, -0.15) is 4.98 Å². The number of rotatable bonds is 7. The van der Waals surface area contributed by atoms with E-state index in [4.69, 9.17) is 15.2 Å². The molecule has 7 heteroatoms. The van der Waals surface area contributed by atoms with Crippen molar-refractivity contribution in [1.29, 1.82) is 0 Å². The van der Waals surface area contributed by atoms with Crippen LogP contribution in [0.25, 0.3) is 11.2 Å². The van der Waals surface area contributed by atoms with Crippen LogP contribution < -0.4 is 10.5 Å². The molecule has 0 aliphatic carbocycles. The largest absolute Gasteiger partial charge is 0.496 e. The second-order valence-electron chi connectivity index (χ2n) is 5.13. The quantitative estimate of drug-likeness (QED) is 0.454. The molecule has 0 aromatic carbocycles. The molecule has 0 saturated heterocycles. The Bertz CT molecular complexity index is 808. The van der Waals surface area contributed by atoms with Crippen LogP contribution in [0, 0.1) is 0 Å². The molecule has 0 aliphatic rings. The van der Waals surface area contributed by atoms with Crippen molar-refractivity contribution in [1.82, 2.24) is 15.0 Å². The van der Waals surface area contributed by atoms with E-state index in [0.29, 0.717) is 17.3 Å². The number of hydrogen-bond donors (Lipinski definition) is 2. The highest BCUT2D eigenvalue weighted by atomic mass is 32.2. The van der Waals surface area contributed by atoms with Gasteiger partial charge in [-0.15, -0.1) is 0 Å². The molecular formula is C17H22N4O2S. The van der Waals surface area contributed by atoms with Gasteiger partial charge in [0.2, 0.25) is 5.88 Å². The highest BCUT2D eigenvalue weighted by molar-refractivity contribution is 7.99. The van der Waals surface area contributed by atoms with Crippen molar-refractivity contribution in [3.05, 3.63) is 47.4 Å². The van der Waals surface area contributed by atoms with Crippen LogP contribution in [0.4, 0.5) is 0 Å². The topological polar surface area (TPSA) is 86.1 Å². The Hall–Kier alpha value is -2.41. The van der Waals surface area contributed by atoms with Crippen molar-refractivity contribution < 1.29 is 9.47 Å². The summed E-state index contributed by atoms with van der Waals surface area (Å²) in [5.41, 5.74) is 10.3. The molecule has 0 atom stereocenters. The number of thioether (sulfide) groups is 1. The number of imidazole rings is 1. The summed E-state index contributed by atoms with van der Waals surface area (Å²) in [5.74, 6) is 1.87. The van der Waals surface area contributed by atoms with Gasteiger partial charge in [0.15, 0.2) is 10.8 Å². The van der Waals surface area contributed by atoms with Gasteiger partial charge in [0, 0.05) is 23.1 Å². The number of aromatic amines is 1. The Morgan fingerprint density at radius 2 is 2.08 bits per heavy atom. The SMILES string of the molecule is C=C/C(C)=C(OC)\C(C)=C(/N)CSc1nc2nc(OC)ccc2[nH]1. The zero-order chi connectivity index (χ0) is 17.7. The number of fused-ring (bicyclic) bond motifs is 1. The summed E-state index contributed by atoms with van der Waals surface area (Å²) < 4.78 is 10.5. The first-order valence-electron chi connectivity index (χ1n) is 7.36. The van der Waals surface area contributed by atoms with Crippen molar-refractivity contribution in [2.75, 3.05) is 20.0 Å². The molecule has 24 heavy (non-hydrogen) atoms. The number of ether oxygens (including phenoxy) is 2. The second kappa shape index (κ2) is 7.92. The molecule has 0 bridgehead atoms. The van der Waals surface area contributed by atoms with E-state index in [1.165, 1.54) is 11.8 Å². The number of methoxy groups -OCH3 is 2. The monoisotopic (exact) mass is 346 g/mol. The highest BCUT2D eigenvalue weighted by Crippen LogP contribution is 2.24. The highest BCUT2D eigenvalue weighted by Gasteiger charge is 2.10. The summed E-state index contributed by atoms with van der Waals surface area (Å²) >= 11 is 1.51. The molecule has 0 unspecified atom stereocenters. The molecule has 128 valence electrons. The van der Waals surface area contributed by atoms with E-state index < -0.39 is 0 Å². The summed E-state index contributed by atoms with van der Waals surface area (Å²) in [5, 5.41) is 0.755. The minimum absolute atomic E-state index is 0.538. The Morgan fingerprint density at radius 3 is 2.71 bits per heavy atom. The predicted octanol–water partition coefficient (Wildman–Crippen LogP) is 3.40. The van der Waals surface area contributed by atoms with E-state index in [9.17, 15) is 0 Å². The van der Waals surface area contributed by atoms with E-state index >= 15 is 0 Å². The number of hydrogen-bond acceptors (Lipinski definition) is 6. The van der Waals surface area contributed by atoms with Crippen LogP contribution in [0.1, 0.15) is 13.8 Å². The molecule has 0 spiro atoms. The third-order valence-corrected chi connectivity index (χ3v) is 4.49. The summed E-state index contributed by atoms with van der Waals surface area (Å²) in [6.45, 7) is 7.64. The Kier molecular flexibility index (Phi) is 5.92. The van der Waals surface area contributed by atoms with E-state index in [-0.39, 0.29) is 0 Å². The van der Waals surface area contributed by atoms with E-state index in [1.54, 1.807) is 26.4 Å². The summed E-state index contributed by atoms with van der Waals surface area (Å²) in [7, 11) is 3.21. The van der Waals surface area contributed by atoms with Gasteiger partial charge in [-0.1, -0.05) is 24.4 Å². The fraction of sp³-hybridized carbons (Fsp3) is 0.294. The van der Waals surface area contributed by atoms with Gasteiger partial charge in [-0.25, -0.2) is 4.98 Å². The van der Waals surface area contributed by atoms with Gasteiger partial charge >= 0.3 is 0 Å². The van der Waals surface area contributed by atoms with Crippen molar-refractivity contribution >= 4 is 22.9 Å². The van der Waals surface area contributed by atoms with Gasteiger partial charge < -0.3 is 20.2 Å². The molecule has 0 saturated carbocycles. The van der Waals surface area contributed by atoms with Crippen LogP contribution in [0.3, 0.4) is 0 Å². The van der Waals surface area contributed by atoms with Gasteiger partial charge in [0.1, 0.15) is 5.76 Å². The van der Waals surface area contributed by atoms with Crippen LogP contribution in [0.5, 0.6) is 5.88 Å². The predicted molar refractivity (Wildman–Crippen MR) is 98.0 cm³/mol. The molecule has 0 fully saturated rings. The molecule has 2 aromatic heterocycles. The van der Waals surface area contributed by atoms with Crippen LogP contribution in [-0.4, -0.2) is 34.9 Å². The number of nitrogens with zero attached hydrogens (tertiary/aromatic N) is 2. The lowest BCUT2D eigenvalue weighted by Gasteiger charge is -2.12. The summed E-state index contributed by atoms with van der Waals surface area (Å²) in [6, 6.07) is 3.68. The molecule has 0 amide bonds. The van der Waals surface area contributed by atoms with E-state index in [1.807, 2.05) is 19.9 Å². The Morgan fingerprint density at radius 1 is 1.33 bits per heavy atom. The van der Waals surface area contributed by atoms with E-state index in [2.05, 4.69) is 21.5 Å². The third-order valence-electron chi connectivity index (χ3n) is 3.56. The standard InChI is InChI=1S/C17H22N4O2S/c1-6-10(2)15(23-5)11(3)12(18)9-24-17-19-13-7-8-14(22-4)20-16(13)21-17/h6-8H,1,9,18H2,2-5H3,(H,19,20,21)/b12-11-,15-10+. The number of pyridine rings is 1. The van der Waals surface area contributed by atoms with Gasteiger partial charge in [-0.3, -0.25) is 0 Å². The zero-order valence-corrected chi connectivity index (χ0v) is 15.2. The van der Waals surface area contributed by atoms with Crippen LogP contribution in [0.2, 0.25) is 0 Å². The zero-order valence-electron chi connectivity index (χ0n) is 14.3. The minimum atomic E-state index is 0.538. The van der Waals surface area contributed by atoms with Crippen molar-refractivity contribution in [2.24, 2.45) is 5.73 Å². The first kappa shape index (κ1) is 17.9. The first-order valence-corrected chi connectivity index (χ1v) is 8.35. The third kappa shape index (κ3) is 3.91. The molecule has 6 nitrogen and oxygen atoms in total. The Labute approximate surface area is 145 Å². The number of aromatic nitrogens is 3. The first-order chi connectivity index (χ1) is 11.5. The van der Waals surface area contributed by atoms with Crippen molar-refractivity contribution in [2.45, 2.75) is 19.0 Å². The normalized spacial score (nSPS) is 13.3. The van der Waals surface area contributed by atoms with Gasteiger partial charge in [0.05, 0.1) is 19.7 Å². The lowest BCUT2D eigenvalue weighted by molar-refractivity contribution is 0.297.